The second-order valence-electron chi connectivity index (χ2n) is 4.04. The molecule has 0 aliphatic rings. The lowest BCUT2D eigenvalue weighted by atomic mass is 10.3. The van der Waals surface area contributed by atoms with Crippen LogP contribution in [0, 0.1) is 6.92 Å². The molecule has 2 N–H and O–H groups in total. The fraction of sp³-hybridized carbons (Fsp3) is 0.231. The van der Waals surface area contributed by atoms with E-state index in [1.165, 1.54) is 14.2 Å². The monoisotopic (exact) mass is 295 g/mol. The Morgan fingerprint density at radius 2 is 2.10 bits per heavy atom. The zero-order valence-corrected chi connectivity index (χ0v) is 12.1. The molecule has 2 aromatic rings. The predicted molar refractivity (Wildman–Crippen MR) is 75.6 cm³/mol. The molecule has 6 nitrogen and oxygen atoms in total. The number of esters is 1. The summed E-state index contributed by atoms with van der Waals surface area (Å²) in [6, 6.07) is 5.16. The zero-order valence-electron chi connectivity index (χ0n) is 11.3. The summed E-state index contributed by atoms with van der Waals surface area (Å²) in [6.45, 7) is 1.74. The van der Waals surface area contributed by atoms with Crippen LogP contribution in [-0.4, -0.2) is 29.7 Å². The van der Waals surface area contributed by atoms with Gasteiger partial charge in [-0.05, 0) is 19.1 Å². The zero-order chi connectivity index (χ0) is 14.9. The molecular weight excluding hydrogens is 282 g/mol. The number of anilines is 1. The lowest BCUT2D eigenvalue weighted by molar-refractivity contribution is 0.0596. The molecule has 0 aliphatic carbocycles. The first-order valence-corrected chi connectivity index (χ1v) is 6.14. The van der Waals surface area contributed by atoms with Crippen molar-refractivity contribution in [1.82, 2.24) is 9.55 Å². The Hall–Kier alpha value is -2.21. The van der Waals surface area contributed by atoms with Gasteiger partial charge >= 0.3 is 5.97 Å². The topological polar surface area (TPSA) is 79.4 Å². The van der Waals surface area contributed by atoms with Gasteiger partial charge in [-0.3, -0.25) is 4.57 Å². The summed E-state index contributed by atoms with van der Waals surface area (Å²) in [5, 5.41) is 0.487. The van der Waals surface area contributed by atoms with Crippen molar-refractivity contribution < 1.29 is 14.3 Å². The van der Waals surface area contributed by atoms with Crippen LogP contribution in [0.3, 0.4) is 0 Å². The molecule has 0 atom stereocenters. The molecule has 1 heterocycles. The lowest BCUT2D eigenvalue weighted by Crippen LogP contribution is -2.07. The highest BCUT2D eigenvalue weighted by Gasteiger charge is 2.20. The Bertz CT molecular complexity index is 667. The lowest BCUT2D eigenvalue weighted by Gasteiger charge is -2.10. The second-order valence-corrected chi connectivity index (χ2v) is 4.45. The Balaban J connectivity index is 2.58. The van der Waals surface area contributed by atoms with Gasteiger partial charge in [-0.15, -0.1) is 0 Å². The van der Waals surface area contributed by atoms with Crippen LogP contribution in [-0.2, 0) is 4.74 Å². The quantitative estimate of drug-likeness (QED) is 0.878. The number of nitrogen functional groups attached to an aromatic ring is 1. The maximum absolute atomic E-state index is 11.6. The average Bonchev–Trinajstić information content (AvgIpc) is 2.74. The van der Waals surface area contributed by atoms with Crippen LogP contribution in [0.25, 0.3) is 5.69 Å². The molecule has 1 aromatic carbocycles. The molecule has 0 saturated carbocycles. The fourth-order valence-electron chi connectivity index (χ4n) is 1.91. The van der Waals surface area contributed by atoms with Crippen LogP contribution in [0.5, 0.6) is 5.75 Å². The number of hydrogen-bond donors (Lipinski definition) is 1. The molecule has 0 bridgehead atoms. The van der Waals surface area contributed by atoms with E-state index < -0.39 is 5.97 Å². The molecule has 0 amide bonds. The Kier molecular flexibility index (Phi) is 3.85. The van der Waals surface area contributed by atoms with E-state index in [1.807, 2.05) is 0 Å². The molecule has 0 spiro atoms. The van der Waals surface area contributed by atoms with Gasteiger partial charge in [-0.1, -0.05) is 11.6 Å². The first kappa shape index (κ1) is 14.2. The maximum Gasteiger partial charge on any atom is 0.360 e. The number of benzene rings is 1. The van der Waals surface area contributed by atoms with E-state index in [9.17, 15) is 4.79 Å². The molecule has 0 saturated heterocycles. The minimum atomic E-state index is -0.578. The summed E-state index contributed by atoms with van der Waals surface area (Å²) in [5.41, 5.74) is 6.75. The second kappa shape index (κ2) is 5.42. The molecule has 7 heteroatoms. The van der Waals surface area contributed by atoms with Crippen molar-refractivity contribution in [3.63, 3.8) is 0 Å². The summed E-state index contributed by atoms with van der Waals surface area (Å²) in [6.07, 6.45) is 0. The third-order valence-corrected chi connectivity index (χ3v) is 3.16. The number of aromatic nitrogens is 2. The number of carbonyl (C=O) groups is 1. The third kappa shape index (κ3) is 2.30. The van der Waals surface area contributed by atoms with Crippen molar-refractivity contribution in [3.05, 3.63) is 34.7 Å². The highest BCUT2D eigenvalue weighted by atomic mass is 35.5. The number of imidazole rings is 1. The number of nitrogens with zero attached hydrogens (tertiary/aromatic N) is 2. The van der Waals surface area contributed by atoms with E-state index in [0.717, 1.165) is 0 Å². The van der Waals surface area contributed by atoms with E-state index in [2.05, 4.69) is 9.72 Å². The molecule has 0 fully saturated rings. The van der Waals surface area contributed by atoms with Crippen LogP contribution in [0.2, 0.25) is 5.02 Å². The molecule has 0 unspecified atom stereocenters. The average molecular weight is 296 g/mol. The molecular formula is C13H14ClN3O3. The van der Waals surface area contributed by atoms with Crippen LogP contribution in [0.4, 0.5) is 5.82 Å². The SMILES string of the molecule is COC(=O)c1nc(C)n(-c2ccc(Cl)c(OC)c2)c1N. The largest absolute Gasteiger partial charge is 0.495 e. The van der Waals surface area contributed by atoms with Crippen molar-refractivity contribution in [2.75, 3.05) is 20.0 Å². The Labute approximate surface area is 121 Å². The van der Waals surface area contributed by atoms with Gasteiger partial charge in [-0.25, -0.2) is 9.78 Å². The smallest absolute Gasteiger partial charge is 0.360 e. The van der Waals surface area contributed by atoms with Gasteiger partial charge in [0.25, 0.3) is 0 Å². The van der Waals surface area contributed by atoms with Gasteiger partial charge < -0.3 is 15.2 Å². The Morgan fingerprint density at radius 3 is 2.70 bits per heavy atom. The molecule has 106 valence electrons. The van der Waals surface area contributed by atoms with Gasteiger partial charge in [0.2, 0.25) is 0 Å². The first-order valence-electron chi connectivity index (χ1n) is 5.76. The van der Waals surface area contributed by atoms with E-state index in [0.29, 0.717) is 22.3 Å². The minimum Gasteiger partial charge on any atom is -0.495 e. The summed E-state index contributed by atoms with van der Waals surface area (Å²) in [7, 11) is 2.80. The van der Waals surface area contributed by atoms with E-state index in [4.69, 9.17) is 22.1 Å². The summed E-state index contributed by atoms with van der Waals surface area (Å²) in [4.78, 5) is 15.7. The number of rotatable bonds is 3. The third-order valence-electron chi connectivity index (χ3n) is 2.85. The molecule has 0 aliphatic heterocycles. The van der Waals surface area contributed by atoms with E-state index in [-0.39, 0.29) is 11.5 Å². The number of nitrogens with two attached hydrogens (primary N) is 1. The molecule has 2 rings (SSSR count). The van der Waals surface area contributed by atoms with Crippen molar-refractivity contribution in [2.24, 2.45) is 0 Å². The normalized spacial score (nSPS) is 10.4. The molecule has 0 radical (unpaired) electrons. The molecule has 1 aromatic heterocycles. The number of carbonyl (C=O) groups excluding carboxylic acids is 1. The molecule has 20 heavy (non-hydrogen) atoms. The van der Waals surface area contributed by atoms with Gasteiger partial charge in [0.1, 0.15) is 17.4 Å². The van der Waals surface area contributed by atoms with Crippen LogP contribution >= 0.6 is 11.6 Å². The predicted octanol–water partition coefficient (Wildman–Crippen LogP) is 2.21. The first-order chi connectivity index (χ1) is 9.49. The van der Waals surface area contributed by atoms with Crippen LogP contribution < -0.4 is 10.5 Å². The standard InChI is InChI=1S/C13H14ClN3O3/c1-7-16-11(13(18)20-3)12(15)17(7)8-4-5-9(14)10(6-8)19-2/h4-6H,15H2,1-3H3. The van der Waals surface area contributed by atoms with Crippen LogP contribution in [0.1, 0.15) is 16.3 Å². The maximum atomic E-state index is 11.6. The fourth-order valence-corrected chi connectivity index (χ4v) is 2.10. The summed E-state index contributed by atoms with van der Waals surface area (Å²) in [5.74, 6) is 0.701. The van der Waals surface area contributed by atoms with Crippen molar-refractivity contribution >= 4 is 23.4 Å². The van der Waals surface area contributed by atoms with E-state index >= 15 is 0 Å². The van der Waals surface area contributed by atoms with Gasteiger partial charge in [0.15, 0.2) is 5.69 Å². The van der Waals surface area contributed by atoms with Gasteiger partial charge in [-0.2, -0.15) is 0 Å². The van der Waals surface area contributed by atoms with Gasteiger partial charge in [0.05, 0.1) is 24.9 Å². The minimum absolute atomic E-state index is 0.0823. The van der Waals surface area contributed by atoms with Crippen molar-refractivity contribution in [3.8, 4) is 11.4 Å². The number of methoxy groups -OCH3 is 2. The van der Waals surface area contributed by atoms with Crippen molar-refractivity contribution in [2.45, 2.75) is 6.92 Å². The number of hydrogen-bond acceptors (Lipinski definition) is 5. The Morgan fingerprint density at radius 1 is 1.40 bits per heavy atom. The number of ether oxygens (including phenoxy) is 2. The van der Waals surface area contributed by atoms with Crippen LogP contribution in [0.15, 0.2) is 18.2 Å². The number of halogens is 1. The highest BCUT2D eigenvalue weighted by Crippen LogP contribution is 2.29. The summed E-state index contributed by atoms with van der Waals surface area (Å²) >= 11 is 5.99. The van der Waals surface area contributed by atoms with Crippen molar-refractivity contribution in [1.29, 1.82) is 0 Å². The highest BCUT2D eigenvalue weighted by molar-refractivity contribution is 6.32. The van der Waals surface area contributed by atoms with Gasteiger partial charge in [0, 0.05) is 6.07 Å². The van der Waals surface area contributed by atoms with E-state index in [1.54, 1.807) is 29.7 Å². The number of aryl methyl sites for hydroxylation is 1. The summed E-state index contributed by atoms with van der Waals surface area (Å²) < 4.78 is 11.4.